The summed E-state index contributed by atoms with van der Waals surface area (Å²) >= 11 is 8.65. The number of hydrogen-bond acceptors (Lipinski definition) is 5. The lowest BCUT2D eigenvalue weighted by atomic mass is 9.97. The summed E-state index contributed by atoms with van der Waals surface area (Å²) in [5.74, 6) is -1.16. The van der Waals surface area contributed by atoms with Crippen LogP contribution in [0.4, 0.5) is 8.78 Å². The van der Waals surface area contributed by atoms with Crippen molar-refractivity contribution in [3.63, 3.8) is 0 Å². The van der Waals surface area contributed by atoms with E-state index in [4.69, 9.17) is 26.5 Å². The molecule has 7 rings (SSSR count). The Balaban J connectivity index is 1.37. The van der Waals surface area contributed by atoms with E-state index in [2.05, 4.69) is 6.07 Å². The molecule has 0 unspecified atom stereocenters. The highest BCUT2D eigenvalue weighted by Crippen LogP contribution is 2.43. The van der Waals surface area contributed by atoms with Gasteiger partial charge in [0.05, 0.1) is 18.0 Å². The number of fused-ring (bicyclic) bond motifs is 8. The normalized spacial score (nSPS) is 14.2. The van der Waals surface area contributed by atoms with E-state index in [9.17, 15) is 14.3 Å². The fraction of sp³-hybridized carbons (Fsp3) is 0.306. The highest BCUT2D eigenvalue weighted by molar-refractivity contribution is 7.97. The number of rotatable bonds is 1. The molecule has 0 atom stereocenters. The van der Waals surface area contributed by atoms with Gasteiger partial charge in [-0.05, 0) is 86.7 Å². The van der Waals surface area contributed by atoms with E-state index in [0.29, 0.717) is 59.0 Å². The lowest BCUT2D eigenvalue weighted by molar-refractivity contribution is 0.0684. The lowest BCUT2D eigenvalue weighted by Gasteiger charge is -2.14. The molecule has 0 amide bonds. The van der Waals surface area contributed by atoms with Gasteiger partial charge in [-0.25, -0.2) is 13.6 Å². The number of carboxylic acids is 1. The van der Waals surface area contributed by atoms with E-state index >= 15 is 4.39 Å². The fourth-order valence-corrected chi connectivity index (χ4v) is 8.03. The number of aromatic carboxylic acids is 1. The van der Waals surface area contributed by atoms with Crippen LogP contribution in [0.15, 0.2) is 42.5 Å². The summed E-state index contributed by atoms with van der Waals surface area (Å²) in [6.07, 6.45) is 1.68. The van der Waals surface area contributed by atoms with E-state index in [1.807, 2.05) is 55.5 Å². The fourth-order valence-electron chi connectivity index (χ4n) is 6.93. The quantitative estimate of drug-likeness (QED) is 0.187. The van der Waals surface area contributed by atoms with Gasteiger partial charge in [-0.15, -0.1) is 11.8 Å². The maximum Gasteiger partial charge on any atom is 0.352 e. The second-order valence-corrected chi connectivity index (χ2v) is 13.7. The van der Waals surface area contributed by atoms with Crippen molar-refractivity contribution in [1.29, 1.82) is 0 Å². The van der Waals surface area contributed by atoms with Gasteiger partial charge in [-0.3, -0.25) is 9.36 Å². The first-order chi connectivity index (χ1) is 23.0. The number of benzene rings is 3. The minimum absolute atomic E-state index is 0.163. The molecule has 1 N–H and O–H groups in total. The molecule has 48 heavy (non-hydrogen) atoms. The Morgan fingerprint density at radius 1 is 0.979 bits per heavy atom. The average Bonchev–Trinajstić information content (AvgIpc) is 3.65. The number of aryl methyl sites for hydroxylation is 6. The summed E-state index contributed by atoms with van der Waals surface area (Å²) in [6.45, 7) is 4.40. The Morgan fingerprint density at radius 2 is 1.79 bits per heavy atom. The summed E-state index contributed by atoms with van der Waals surface area (Å²) in [4.78, 5) is 12.7. The van der Waals surface area contributed by atoms with Crippen LogP contribution in [0.3, 0.4) is 0 Å². The summed E-state index contributed by atoms with van der Waals surface area (Å²) in [7, 11) is 3.81. The molecule has 3 aromatic carbocycles. The number of halogens is 3. The molecule has 0 fully saturated rings. The molecule has 0 radical (unpaired) electrons. The van der Waals surface area contributed by atoms with E-state index in [1.54, 1.807) is 22.4 Å². The molecule has 248 valence electrons. The van der Waals surface area contributed by atoms with Crippen LogP contribution in [0.2, 0.25) is 5.02 Å². The van der Waals surface area contributed by atoms with Crippen molar-refractivity contribution in [1.82, 2.24) is 24.1 Å². The number of carboxylic acid groups (broad SMARTS) is 1. The Bertz CT molecular complexity index is 2260. The van der Waals surface area contributed by atoms with Gasteiger partial charge in [0, 0.05) is 81.4 Å². The van der Waals surface area contributed by atoms with Crippen molar-refractivity contribution < 1.29 is 23.4 Å². The predicted molar refractivity (Wildman–Crippen MR) is 185 cm³/mol. The Kier molecular flexibility index (Phi) is 8.45. The van der Waals surface area contributed by atoms with Crippen molar-refractivity contribution in [2.75, 3.05) is 6.61 Å². The first-order valence-electron chi connectivity index (χ1n) is 15.7. The molecule has 1 aliphatic heterocycles. The molecule has 0 aliphatic carbocycles. The molecule has 4 heterocycles. The molecule has 8 nitrogen and oxygen atoms in total. The molecule has 12 heteroatoms. The van der Waals surface area contributed by atoms with Gasteiger partial charge < -0.3 is 14.4 Å². The Hall–Kier alpha value is -4.35. The van der Waals surface area contributed by atoms with Gasteiger partial charge >= 0.3 is 5.97 Å². The SMILES string of the molecule is Cc1c(C(=O)O)n2c3ccc(Cl)c(c13)-c1c(nn(C)c1C)CSCc1cc(n(C)n1)CCc1cc(c3ccc(F)c(F)c3c1)OCCC2. The third-order valence-corrected chi connectivity index (χ3v) is 10.6. The van der Waals surface area contributed by atoms with Gasteiger partial charge in [0.2, 0.25) is 0 Å². The molecule has 1 aliphatic rings. The Morgan fingerprint density at radius 3 is 2.58 bits per heavy atom. The maximum absolute atomic E-state index is 15.1. The van der Waals surface area contributed by atoms with Gasteiger partial charge in [-0.1, -0.05) is 11.6 Å². The molecule has 6 aromatic rings. The van der Waals surface area contributed by atoms with Crippen LogP contribution in [0.25, 0.3) is 32.8 Å². The Labute approximate surface area is 285 Å². The van der Waals surface area contributed by atoms with Gasteiger partial charge in [0.25, 0.3) is 0 Å². The molecule has 3 aromatic heterocycles. The second-order valence-electron chi connectivity index (χ2n) is 12.3. The number of hydrogen-bond donors (Lipinski definition) is 1. The number of ether oxygens (including phenoxy) is 1. The predicted octanol–water partition coefficient (Wildman–Crippen LogP) is 8.18. The standard InChI is InChI=1S/C36H34ClF2N5O3S/c1-19-31-29-11-9-26(37)33(31)32-20(2)42(3)41-28(32)18-48-17-22-16-23(43(4)40-22)7-6-21-14-25-24(8-10-27(38)34(25)39)30(15-21)47-13-5-12-44(29)35(19)36(45)46/h8-11,14-16H,5-7,12-13,17-18H2,1-4H3,(H,45,46). The molecular formula is C36H34ClF2N5O3S. The summed E-state index contributed by atoms with van der Waals surface area (Å²) in [5.41, 5.74) is 7.80. The van der Waals surface area contributed by atoms with Crippen LogP contribution in [0.5, 0.6) is 5.75 Å². The topological polar surface area (TPSA) is 87.1 Å². The van der Waals surface area contributed by atoms with Crippen LogP contribution < -0.4 is 4.74 Å². The number of thioether (sulfide) groups is 1. The van der Waals surface area contributed by atoms with Gasteiger partial charge in [-0.2, -0.15) is 10.2 Å². The highest BCUT2D eigenvalue weighted by atomic mass is 35.5. The third kappa shape index (κ3) is 5.52. The zero-order valence-corrected chi connectivity index (χ0v) is 28.6. The van der Waals surface area contributed by atoms with Crippen molar-refractivity contribution in [2.45, 2.75) is 51.2 Å². The van der Waals surface area contributed by atoms with Crippen molar-refractivity contribution >= 4 is 51.0 Å². The summed E-state index contributed by atoms with van der Waals surface area (Å²) in [6, 6.07) is 12.0. The van der Waals surface area contributed by atoms with Crippen molar-refractivity contribution in [3.8, 4) is 16.9 Å². The van der Waals surface area contributed by atoms with Crippen molar-refractivity contribution in [2.24, 2.45) is 14.1 Å². The van der Waals surface area contributed by atoms with Crippen molar-refractivity contribution in [3.05, 3.63) is 98.7 Å². The van der Waals surface area contributed by atoms with Crippen LogP contribution in [-0.4, -0.2) is 41.8 Å². The minimum Gasteiger partial charge on any atom is -0.493 e. The van der Waals surface area contributed by atoms with E-state index in [0.717, 1.165) is 56.4 Å². The number of nitrogens with zero attached hydrogens (tertiary/aromatic N) is 5. The summed E-state index contributed by atoms with van der Waals surface area (Å²) < 4.78 is 41.1. The molecule has 0 saturated carbocycles. The first-order valence-corrected chi connectivity index (χ1v) is 17.3. The minimum atomic E-state index is -1.04. The molecule has 0 spiro atoms. The molecule has 8 bridgehead atoms. The van der Waals surface area contributed by atoms with E-state index in [-0.39, 0.29) is 17.7 Å². The van der Waals surface area contributed by atoms with Crippen LogP contribution in [0, 0.1) is 25.5 Å². The second kappa shape index (κ2) is 12.6. The van der Waals surface area contributed by atoms with Crippen LogP contribution in [0.1, 0.15) is 50.8 Å². The first kappa shape index (κ1) is 32.2. The zero-order chi connectivity index (χ0) is 33.9. The van der Waals surface area contributed by atoms with Crippen LogP contribution in [-0.2, 0) is 45.0 Å². The largest absolute Gasteiger partial charge is 0.493 e. The highest BCUT2D eigenvalue weighted by Gasteiger charge is 2.27. The number of carbonyl (C=O) groups is 1. The van der Waals surface area contributed by atoms with Gasteiger partial charge in [0.1, 0.15) is 11.4 Å². The van der Waals surface area contributed by atoms with E-state index < -0.39 is 17.6 Å². The monoisotopic (exact) mass is 689 g/mol. The smallest absolute Gasteiger partial charge is 0.352 e. The van der Waals surface area contributed by atoms with Crippen LogP contribution >= 0.6 is 23.4 Å². The zero-order valence-electron chi connectivity index (χ0n) is 27.0. The van der Waals surface area contributed by atoms with Gasteiger partial charge in [0.15, 0.2) is 11.6 Å². The summed E-state index contributed by atoms with van der Waals surface area (Å²) in [5, 5.41) is 21.9. The van der Waals surface area contributed by atoms with E-state index in [1.165, 1.54) is 6.07 Å². The number of aromatic nitrogens is 5. The average molecular weight is 690 g/mol. The molecule has 0 saturated heterocycles. The lowest BCUT2D eigenvalue weighted by Crippen LogP contribution is -2.12. The molecular weight excluding hydrogens is 656 g/mol. The maximum atomic E-state index is 15.1. The third-order valence-electron chi connectivity index (χ3n) is 9.30.